The minimum Gasteiger partial charge on any atom is -0.497 e. The molecular formula is C22H20N4OS. The summed E-state index contributed by atoms with van der Waals surface area (Å²) in [6, 6.07) is 20.4. The van der Waals surface area contributed by atoms with E-state index >= 15 is 0 Å². The largest absolute Gasteiger partial charge is 0.497 e. The molecule has 0 bridgehead atoms. The number of methoxy groups -OCH3 is 1. The van der Waals surface area contributed by atoms with E-state index in [1.165, 1.54) is 11.1 Å². The highest BCUT2D eigenvalue weighted by Gasteiger charge is 2.16. The van der Waals surface area contributed by atoms with E-state index in [9.17, 15) is 0 Å². The van der Waals surface area contributed by atoms with Crippen molar-refractivity contribution in [2.24, 2.45) is 0 Å². The van der Waals surface area contributed by atoms with Gasteiger partial charge in [0.2, 0.25) is 0 Å². The standard InChI is InChI=1S/C22H20N4OS/c1-16-5-9-19(10-6-16)26-21(18-4-3-13-23-14-18)24-25-22(26)28-15-17-7-11-20(27-2)12-8-17/h3-14H,15H2,1-2H3. The molecule has 28 heavy (non-hydrogen) atoms. The fourth-order valence-corrected chi connectivity index (χ4v) is 3.75. The zero-order valence-electron chi connectivity index (χ0n) is 15.7. The summed E-state index contributed by atoms with van der Waals surface area (Å²) in [7, 11) is 1.67. The van der Waals surface area contributed by atoms with Crippen molar-refractivity contribution in [2.45, 2.75) is 17.8 Å². The summed E-state index contributed by atoms with van der Waals surface area (Å²) in [6.07, 6.45) is 3.57. The first-order valence-electron chi connectivity index (χ1n) is 8.93. The molecule has 4 rings (SSSR count). The number of benzene rings is 2. The molecule has 0 aliphatic rings. The summed E-state index contributed by atoms with van der Waals surface area (Å²) in [6.45, 7) is 2.08. The summed E-state index contributed by atoms with van der Waals surface area (Å²) >= 11 is 1.66. The molecule has 5 nitrogen and oxygen atoms in total. The van der Waals surface area contributed by atoms with Gasteiger partial charge in [-0.25, -0.2) is 0 Å². The predicted octanol–water partition coefficient (Wildman–Crippen LogP) is 4.94. The van der Waals surface area contributed by atoms with Gasteiger partial charge in [0, 0.05) is 29.4 Å². The summed E-state index contributed by atoms with van der Waals surface area (Å²) in [5.74, 6) is 2.44. The molecule has 0 atom stereocenters. The number of hydrogen-bond acceptors (Lipinski definition) is 5. The summed E-state index contributed by atoms with van der Waals surface area (Å²) in [5, 5.41) is 9.77. The highest BCUT2D eigenvalue weighted by Crippen LogP contribution is 2.30. The van der Waals surface area contributed by atoms with Gasteiger partial charge in [-0.2, -0.15) is 0 Å². The van der Waals surface area contributed by atoms with E-state index in [0.717, 1.165) is 33.7 Å². The topological polar surface area (TPSA) is 52.8 Å². The molecule has 0 spiro atoms. The molecule has 0 radical (unpaired) electrons. The Balaban J connectivity index is 1.68. The maximum absolute atomic E-state index is 5.23. The van der Waals surface area contributed by atoms with Crippen LogP contribution in [-0.2, 0) is 5.75 Å². The maximum atomic E-state index is 5.23. The van der Waals surface area contributed by atoms with Crippen LogP contribution in [0.15, 0.2) is 78.2 Å². The Hall–Kier alpha value is -3.12. The Labute approximate surface area is 168 Å². The highest BCUT2D eigenvalue weighted by atomic mass is 32.2. The molecule has 0 unspecified atom stereocenters. The molecule has 6 heteroatoms. The lowest BCUT2D eigenvalue weighted by molar-refractivity contribution is 0.414. The van der Waals surface area contributed by atoms with Crippen molar-refractivity contribution in [3.05, 3.63) is 84.2 Å². The van der Waals surface area contributed by atoms with Crippen molar-refractivity contribution in [1.82, 2.24) is 19.7 Å². The molecule has 0 N–H and O–H groups in total. The van der Waals surface area contributed by atoms with Crippen molar-refractivity contribution in [3.63, 3.8) is 0 Å². The first kappa shape index (κ1) is 18.3. The number of hydrogen-bond donors (Lipinski definition) is 0. The number of thioether (sulfide) groups is 1. The normalized spacial score (nSPS) is 10.8. The number of aromatic nitrogens is 4. The Morgan fingerprint density at radius 3 is 2.43 bits per heavy atom. The lowest BCUT2D eigenvalue weighted by Gasteiger charge is -2.11. The number of nitrogens with zero attached hydrogens (tertiary/aromatic N) is 4. The van der Waals surface area contributed by atoms with Gasteiger partial charge in [0.15, 0.2) is 11.0 Å². The minimum atomic E-state index is 0.786. The number of pyridine rings is 1. The quantitative estimate of drug-likeness (QED) is 0.438. The van der Waals surface area contributed by atoms with Gasteiger partial charge in [-0.3, -0.25) is 9.55 Å². The third-order valence-corrected chi connectivity index (χ3v) is 5.37. The predicted molar refractivity (Wildman–Crippen MR) is 112 cm³/mol. The van der Waals surface area contributed by atoms with Crippen LogP contribution < -0.4 is 4.74 Å². The van der Waals surface area contributed by atoms with E-state index in [0.29, 0.717) is 0 Å². The van der Waals surface area contributed by atoms with Crippen LogP contribution in [0.1, 0.15) is 11.1 Å². The van der Waals surface area contributed by atoms with Crippen molar-refractivity contribution < 1.29 is 4.74 Å². The Bertz CT molecular complexity index is 1040. The van der Waals surface area contributed by atoms with Gasteiger partial charge in [0.1, 0.15) is 5.75 Å². The van der Waals surface area contributed by atoms with Gasteiger partial charge < -0.3 is 4.74 Å². The van der Waals surface area contributed by atoms with Crippen LogP contribution in [0.3, 0.4) is 0 Å². The van der Waals surface area contributed by atoms with Gasteiger partial charge in [-0.1, -0.05) is 41.6 Å². The molecule has 0 aliphatic heterocycles. The zero-order chi connectivity index (χ0) is 19.3. The summed E-state index contributed by atoms with van der Waals surface area (Å²) in [5.41, 5.74) is 4.39. The molecule has 0 fully saturated rings. The molecule has 0 saturated heterocycles. The van der Waals surface area contributed by atoms with E-state index in [2.05, 4.69) is 63.1 Å². The molecule has 0 saturated carbocycles. The van der Waals surface area contributed by atoms with E-state index < -0.39 is 0 Å². The van der Waals surface area contributed by atoms with Crippen LogP contribution in [0.2, 0.25) is 0 Å². The Morgan fingerprint density at radius 2 is 1.75 bits per heavy atom. The van der Waals surface area contributed by atoms with Crippen molar-refractivity contribution in [2.75, 3.05) is 7.11 Å². The van der Waals surface area contributed by atoms with E-state index in [-0.39, 0.29) is 0 Å². The fraction of sp³-hybridized carbons (Fsp3) is 0.136. The minimum absolute atomic E-state index is 0.786. The summed E-state index contributed by atoms with van der Waals surface area (Å²) < 4.78 is 7.32. The molecule has 2 aromatic heterocycles. The van der Waals surface area contributed by atoms with Gasteiger partial charge >= 0.3 is 0 Å². The molecular weight excluding hydrogens is 368 g/mol. The molecule has 2 aromatic carbocycles. The van der Waals surface area contributed by atoms with Crippen LogP contribution in [0.4, 0.5) is 0 Å². The van der Waals surface area contributed by atoms with Crippen molar-refractivity contribution in [1.29, 1.82) is 0 Å². The maximum Gasteiger partial charge on any atom is 0.196 e. The third-order valence-electron chi connectivity index (χ3n) is 4.37. The van der Waals surface area contributed by atoms with Crippen LogP contribution in [-0.4, -0.2) is 26.9 Å². The molecule has 0 amide bonds. The third kappa shape index (κ3) is 3.92. The number of ether oxygens (including phenoxy) is 1. The van der Waals surface area contributed by atoms with Gasteiger partial charge in [0.25, 0.3) is 0 Å². The van der Waals surface area contributed by atoms with Gasteiger partial charge in [-0.15, -0.1) is 10.2 Å². The van der Waals surface area contributed by atoms with E-state index in [4.69, 9.17) is 4.74 Å². The fourth-order valence-electron chi connectivity index (χ4n) is 2.84. The van der Waals surface area contributed by atoms with Crippen molar-refractivity contribution in [3.8, 4) is 22.8 Å². The zero-order valence-corrected chi connectivity index (χ0v) is 16.6. The van der Waals surface area contributed by atoms with Gasteiger partial charge in [-0.05, 0) is 48.9 Å². The first-order valence-corrected chi connectivity index (χ1v) is 9.92. The number of rotatable bonds is 6. The smallest absolute Gasteiger partial charge is 0.196 e. The second kappa shape index (κ2) is 8.27. The average molecular weight is 388 g/mol. The molecule has 2 heterocycles. The van der Waals surface area contributed by atoms with E-state index in [1.54, 1.807) is 25.1 Å². The summed E-state index contributed by atoms with van der Waals surface area (Å²) in [4.78, 5) is 4.23. The number of aryl methyl sites for hydroxylation is 1. The second-order valence-electron chi connectivity index (χ2n) is 6.36. The van der Waals surface area contributed by atoms with Gasteiger partial charge in [0.05, 0.1) is 7.11 Å². The second-order valence-corrected chi connectivity index (χ2v) is 7.30. The molecule has 4 aromatic rings. The monoisotopic (exact) mass is 388 g/mol. The average Bonchev–Trinajstić information content (AvgIpc) is 3.18. The lowest BCUT2D eigenvalue weighted by atomic mass is 10.2. The molecule has 140 valence electrons. The van der Waals surface area contributed by atoms with Crippen LogP contribution in [0, 0.1) is 6.92 Å². The SMILES string of the molecule is COc1ccc(CSc2nnc(-c3cccnc3)n2-c2ccc(C)cc2)cc1. The lowest BCUT2D eigenvalue weighted by Crippen LogP contribution is -2.00. The van der Waals surface area contributed by atoms with Crippen LogP contribution in [0.25, 0.3) is 17.1 Å². The Morgan fingerprint density at radius 1 is 0.964 bits per heavy atom. The molecule has 0 aliphatic carbocycles. The van der Waals surface area contributed by atoms with Crippen LogP contribution in [0.5, 0.6) is 5.75 Å². The highest BCUT2D eigenvalue weighted by molar-refractivity contribution is 7.98. The van der Waals surface area contributed by atoms with Crippen LogP contribution >= 0.6 is 11.8 Å². The first-order chi connectivity index (χ1) is 13.7. The Kier molecular flexibility index (Phi) is 5.39. The van der Waals surface area contributed by atoms with E-state index in [1.807, 2.05) is 30.5 Å². The van der Waals surface area contributed by atoms with Crippen molar-refractivity contribution >= 4 is 11.8 Å².